The number of methoxy groups -OCH3 is 2. The molecular weight excluding hydrogens is 320 g/mol. The molecule has 0 atom stereocenters. The maximum absolute atomic E-state index is 11.8. The van der Waals surface area contributed by atoms with Crippen LogP contribution in [0.15, 0.2) is 42.5 Å². The van der Waals surface area contributed by atoms with Crippen LogP contribution in [0, 0.1) is 0 Å². The molecule has 0 aliphatic heterocycles. The van der Waals surface area contributed by atoms with E-state index in [9.17, 15) is 9.90 Å². The molecule has 0 spiro atoms. The topological polar surface area (TPSA) is 65.0 Å². The zero-order valence-corrected chi connectivity index (χ0v) is 14.6. The number of hydrogen-bond acceptors (Lipinski definition) is 4. The van der Waals surface area contributed by atoms with E-state index in [2.05, 4.69) is 0 Å². The first kappa shape index (κ1) is 18.4. The molecule has 0 radical (unpaired) electrons. The first-order chi connectivity index (χ1) is 12.1. The second-order valence-corrected chi connectivity index (χ2v) is 5.35. The van der Waals surface area contributed by atoms with E-state index >= 15 is 0 Å². The second kappa shape index (κ2) is 8.78. The van der Waals surface area contributed by atoms with Crippen molar-refractivity contribution >= 4 is 17.6 Å². The number of aliphatic carboxylic acids is 1. The summed E-state index contributed by atoms with van der Waals surface area (Å²) in [5, 5.41) is 9.69. The van der Waals surface area contributed by atoms with Gasteiger partial charge in [-0.05, 0) is 48.4 Å². The van der Waals surface area contributed by atoms with Crippen LogP contribution in [-0.4, -0.2) is 31.9 Å². The summed E-state index contributed by atoms with van der Waals surface area (Å²) in [6.45, 7) is 2.64. The zero-order valence-electron chi connectivity index (χ0n) is 14.6. The van der Waals surface area contributed by atoms with E-state index in [0.717, 1.165) is 12.0 Å². The molecule has 5 nitrogen and oxygen atoms in total. The lowest BCUT2D eigenvalue weighted by molar-refractivity contribution is -0.130. The monoisotopic (exact) mass is 342 g/mol. The molecule has 0 aliphatic rings. The highest BCUT2D eigenvalue weighted by atomic mass is 16.5. The first-order valence-corrected chi connectivity index (χ1v) is 7.99. The molecule has 0 aliphatic carbocycles. The summed E-state index contributed by atoms with van der Waals surface area (Å²) in [6.07, 6.45) is 2.50. The molecule has 0 saturated heterocycles. The van der Waals surface area contributed by atoms with Gasteiger partial charge in [-0.25, -0.2) is 4.79 Å². The lowest BCUT2D eigenvalue weighted by Gasteiger charge is -2.11. The van der Waals surface area contributed by atoms with Crippen LogP contribution in [0.4, 0.5) is 0 Å². The highest BCUT2D eigenvalue weighted by Crippen LogP contribution is 2.32. The molecule has 0 aromatic heterocycles. The summed E-state index contributed by atoms with van der Waals surface area (Å²) in [5.41, 5.74) is 1.30. The van der Waals surface area contributed by atoms with Crippen LogP contribution in [0.3, 0.4) is 0 Å². The Morgan fingerprint density at radius 1 is 1.08 bits per heavy atom. The summed E-state index contributed by atoms with van der Waals surface area (Å²) in [5.74, 6) is 0.681. The van der Waals surface area contributed by atoms with E-state index in [1.165, 1.54) is 14.2 Å². The maximum Gasteiger partial charge on any atom is 0.336 e. The fourth-order valence-corrected chi connectivity index (χ4v) is 2.36. The van der Waals surface area contributed by atoms with Crippen molar-refractivity contribution in [3.8, 4) is 17.2 Å². The van der Waals surface area contributed by atoms with Crippen LogP contribution >= 0.6 is 0 Å². The Bertz CT molecular complexity index is 764. The van der Waals surface area contributed by atoms with E-state index in [-0.39, 0.29) is 5.57 Å². The number of benzene rings is 2. The Morgan fingerprint density at radius 2 is 1.88 bits per heavy atom. The van der Waals surface area contributed by atoms with Crippen LogP contribution in [0.5, 0.6) is 17.2 Å². The Morgan fingerprint density at radius 3 is 2.52 bits per heavy atom. The Labute approximate surface area is 147 Å². The largest absolute Gasteiger partial charge is 0.497 e. The van der Waals surface area contributed by atoms with E-state index in [1.807, 2.05) is 31.2 Å². The molecule has 0 unspecified atom stereocenters. The van der Waals surface area contributed by atoms with Gasteiger partial charge in [-0.1, -0.05) is 19.1 Å². The minimum absolute atomic E-state index is 0.114. The van der Waals surface area contributed by atoms with Crippen molar-refractivity contribution in [1.29, 1.82) is 0 Å². The van der Waals surface area contributed by atoms with Gasteiger partial charge in [0.2, 0.25) is 0 Å². The highest BCUT2D eigenvalue weighted by Gasteiger charge is 2.17. The van der Waals surface area contributed by atoms with E-state index < -0.39 is 5.97 Å². The normalized spacial score (nSPS) is 11.1. The quantitative estimate of drug-likeness (QED) is 0.577. The Balaban J connectivity index is 2.48. The van der Waals surface area contributed by atoms with Gasteiger partial charge in [-0.3, -0.25) is 0 Å². The smallest absolute Gasteiger partial charge is 0.336 e. The lowest BCUT2D eigenvalue weighted by Crippen LogP contribution is -2.02. The van der Waals surface area contributed by atoms with Gasteiger partial charge in [-0.15, -0.1) is 0 Å². The summed E-state index contributed by atoms with van der Waals surface area (Å²) in [7, 11) is 3.04. The number of ether oxygens (including phenoxy) is 3. The van der Waals surface area contributed by atoms with Crippen molar-refractivity contribution in [2.75, 3.05) is 20.8 Å². The Kier molecular flexibility index (Phi) is 6.46. The highest BCUT2D eigenvalue weighted by molar-refractivity contribution is 6.21. The molecule has 0 bridgehead atoms. The van der Waals surface area contributed by atoms with Crippen LogP contribution < -0.4 is 14.2 Å². The molecule has 2 aromatic carbocycles. The number of rotatable bonds is 8. The molecule has 5 heteroatoms. The first-order valence-electron chi connectivity index (χ1n) is 7.99. The predicted octanol–water partition coefficient (Wildman–Crippen LogP) is 4.12. The minimum Gasteiger partial charge on any atom is -0.497 e. The molecule has 2 aromatic rings. The van der Waals surface area contributed by atoms with Gasteiger partial charge >= 0.3 is 5.97 Å². The van der Waals surface area contributed by atoms with Crippen molar-refractivity contribution < 1.29 is 24.1 Å². The SMILES string of the molecule is CCCOc1cccc(/C=C(\C(=O)O)c2cc(OC)ccc2OC)c1. The summed E-state index contributed by atoms with van der Waals surface area (Å²) in [6, 6.07) is 12.4. The van der Waals surface area contributed by atoms with Crippen LogP contribution in [0.1, 0.15) is 24.5 Å². The maximum atomic E-state index is 11.8. The number of carbonyl (C=O) groups is 1. The Hall–Kier alpha value is -2.95. The number of carboxylic acid groups (broad SMARTS) is 1. The summed E-state index contributed by atoms with van der Waals surface area (Å²) < 4.78 is 16.1. The van der Waals surface area contributed by atoms with Crippen LogP contribution in [-0.2, 0) is 4.79 Å². The molecule has 132 valence electrons. The van der Waals surface area contributed by atoms with Crippen molar-refractivity contribution in [3.63, 3.8) is 0 Å². The fourth-order valence-electron chi connectivity index (χ4n) is 2.36. The van der Waals surface area contributed by atoms with Crippen LogP contribution in [0.25, 0.3) is 11.6 Å². The van der Waals surface area contributed by atoms with Gasteiger partial charge in [0.25, 0.3) is 0 Å². The third-order valence-electron chi connectivity index (χ3n) is 3.57. The van der Waals surface area contributed by atoms with Crippen LogP contribution in [0.2, 0.25) is 0 Å². The molecular formula is C20H22O5. The molecule has 2 rings (SSSR count). The van der Waals surface area contributed by atoms with Gasteiger partial charge < -0.3 is 19.3 Å². The molecule has 0 fully saturated rings. The van der Waals surface area contributed by atoms with Crippen molar-refractivity contribution in [2.24, 2.45) is 0 Å². The molecule has 0 amide bonds. The minimum atomic E-state index is -1.05. The molecule has 0 saturated carbocycles. The number of hydrogen-bond donors (Lipinski definition) is 1. The average molecular weight is 342 g/mol. The van der Waals surface area contributed by atoms with Gasteiger partial charge in [0, 0.05) is 5.56 Å². The molecule has 0 heterocycles. The fraction of sp³-hybridized carbons (Fsp3) is 0.250. The van der Waals surface area contributed by atoms with Crippen molar-refractivity contribution in [2.45, 2.75) is 13.3 Å². The van der Waals surface area contributed by atoms with Gasteiger partial charge in [0.05, 0.1) is 26.4 Å². The van der Waals surface area contributed by atoms with Gasteiger partial charge in [0.1, 0.15) is 17.2 Å². The predicted molar refractivity (Wildman–Crippen MR) is 97.3 cm³/mol. The third kappa shape index (κ3) is 4.76. The average Bonchev–Trinajstić information content (AvgIpc) is 2.64. The zero-order chi connectivity index (χ0) is 18.2. The standard InChI is InChI=1S/C20H22O5/c1-4-10-25-16-7-5-6-14(11-16)12-18(20(21)22)17-13-15(23-2)8-9-19(17)24-3/h5-9,11-13H,4,10H2,1-3H3,(H,21,22)/b18-12-. The van der Waals surface area contributed by atoms with Gasteiger partial charge in [0.15, 0.2) is 0 Å². The van der Waals surface area contributed by atoms with E-state index in [0.29, 0.717) is 29.4 Å². The molecule has 1 N–H and O–H groups in total. The number of carboxylic acids is 1. The third-order valence-corrected chi connectivity index (χ3v) is 3.57. The van der Waals surface area contributed by atoms with Gasteiger partial charge in [-0.2, -0.15) is 0 Å². The van der Waals surface area contributed by atoms with E-state index in [1.54, 1.807) is 24.3 Å². The molecule has 25 heavy (non-hydrogen) atoms. The van der Waals surface area contributed by atoms with Crippen molar-refractivity contribution in [3.05, 3.63) is 53.6 Å². The van der Waals surface area contributed by atoms with E-state index in [4.69, 9.17) is 14.2 Å². The van der Waals surface area contributed by atoms with Crippen molar-refractivity contribution in [1.82, 2.24) is 0 Å². The summed E-state index contributed by atoms with van der Waals surface area (Å²) >= 11 is 0. The summed E-state index contributed by atoms with van der Waals surface area (Å²) in [4.78, 5) is 11.8. The second-order valence-electron chi connectivity index (χ2n) is 5.35. The lowest BCUT2D eigenvalue weighted by atomic mass is 10.0.